The highest BCUT2D eigenvalue weighted by atomic mass is 35.5. The Morgan fingerprint density at radius 1 is 0.650 bits per heavy atom. The summed E-state index contributed by atoms with van der Waals surface area (Å²) in [5.41, 5.74) is 7.58. The molecular formula is C41H49Cl5N4O10. The number of phenols is 2. The third-order valence-electron chi connectivity index (χ3n) is 7.51. The first-order chi connectivity index (χ1) is 26.7. The minimum atomic E-state index is -0.954. The Kier molecular flexibility index (Phi) is 22.9. The fourth-order valence-electron chi connectivity index (χ4n) is 4.90. The quantitative estimate of drug-likeness (QED) is 0.0616. The van der Waals surface area contributed by atoms with Crippen molar-refractivity contribution in [1.29, 1.82) is 0 Å². The average molecular weight is 935 g/mol. The Morgan fingerprint density at radius 3 is 1.33 bits per heavy atom. The zero-order chi connectivity index (χ0) is 42.6. The number of methoxy groups -OCH3 is 2. The van der Waals surface area contributed by atoms with Crippen LogP contribution in [0.4, 0.5) is 16.2 Å². The van der Waals surface area contributed by atoms with E-state index < -0.39 is 47.5 Å². The molecule has 3 amide bonds. The van der Waals surface area contributed by atoms with Crippen LogP contribution < -0.4 is 21.7 Å². The highest BCUT2D eigenvalue weighted by molar-refractivity contribution is 6.41. The fourth-order valence-corrected chi connectivity index (χ4v) is 6.19. The van der Waals surface area contributed by atoms with Crippen molar-refractivity contribution in [2.75, 3.05) is 24.9 Å². The van der Waals surface area contributed by atoms with Gasteiger partial charge in [-0.2, -0.15) is 0 Å². The van der Waals surface area contributed by atoms with E-state index in [1.807, 2.05) is 0 Å². The van der Waals surface area contributed by atoms with E-state index in [0.717, 1.165) is 5.56 Å². The van der Waals surface area contributed by atoms with Gasteiger partial charge in [-0.3, -0.25) is 14.4 Å². The van der Waals surface area contributed by atoms with Gasteiger partial charge in [0.25, 0.3) is 11.8 Å². The molecule has 0 aliphatic rings. The number of benzene rings is 4. The molecule has 0 bridgehead atoms. The van der Waals surface area contributed by atoms with Gasteiger partial charge in [0.15, 0.2) is 0 Å². The van der Waals surface area contributed by atoms with Gasteiger partial charge in [0, 0.05) is 17.8 Å². The van der Waals surface area contributed by atoms with E-state index in [4.69, 9.17) is 61.6 Å². The largest absolute Gasteiger partial charge is 0.508 e. The molecule has 60 heavy (non-hydrogen) atoms. The maximum atomic E-state index is 12.5. The minimum absolute atomic E-state index is 0. The van der Waals surface area contributed by atoms with Gasteiger partial charge in [-0.15, -0.1) is 12.4 Å². The maximum absolute atomic E-state index is 12.5. The summed E-state index contributed by atoms with van der Waals surface area (Å²) in [4.78, 5) is 60.3. The molecule has 4 rings (SSSR count). The van der Waals surface area contributed by atoms with E-state index in [9.17, 15) is 34.2 Å². The number of esters is 2. The van der Waals surface area contributed by atoms with Crippen molar-refractivity contribution in [1.82, 2.24) is 5.32 Å². The highest BCUT2D eigenvalue weighted by Gasteiger charge is 2.26. The van der Waals surface area contributed by atoms with Crippen LogP contribution in [0.25, 0.3) is 0 Å². The van der Waals surface area contributed by atoms with Crippen LogP contribution >= 0.6 is 58.8 Å². The van der Waals surface area contributed by atoms with Crippen LogP contribution in [0.15, 0.2) is 72.8 Å². The number of carbonyl (C=O) groups is 5. The summed E-state index contributed by atoms with van der Waals surface area (Å²) >= 11 is 23.9. The lowest BCUT2D eigenvalue weighted by atomic mass is 10.1. The second kappa shape index (κ2) is 25.0. The van der Waals surface area contributed by atoms with E-state index in [1.54, 1.807) is 69.3 Å². The zero-order valence-electron chi connectivity index (χ0n) is 31.7. The number of hydrogen-bond donors (Lipinski definition) is 6. The van der Waals surface area contributed by atoms with Crippen molar-refractivity contribution in [2.24, 2.45) is 5.73 Å². The number of carbonyl (C=O) groups excluding carboxylic acids is 5. The Hall–Kier alpha value is -4.96. The van der Waals surface area contributed by atoms with E-state index in [2.05, 4.69) is 20.7 Å². The number of hydrogen-bond acceptors (Lipinski definition) is 11. The smallest absolute Gasteiger partial charge is 0.408 e. The number of phenolic OH excluding ortho intramolecular Hbond substituents is 2. The molecule has 7 N–H and O–H groups in total. The van der Waals surface area contributed by atoms with Crippen molar-refractivity contribution in [2.45, 2.75) is 66.2 Å². The second-order valence-corrected chi connectivity index (χ2v) is 14.8. The molecule has 0 aliphatic heterocycles. The van der Waals surface area contributed by atoms with Crippen LogP contribution in [-0.4, -0.2) is 72.0 Å². The van der Waals surface area contributed by atoms with Crippen molar-refractivity contribution in [3.63, 3.8) is 0 Å². The van der Waals surface area contributed by atoms with Gasteiger partial charge >= 0.3 is 18.0 Å². The maximum Gasteiger partial charge on any atom is 0.408 e. The third-order valence-corrected chi connectivity index (χ3v) is 8.70. The standard InChI is InChI=1S/C22H24Cl2N2O6.C17H16Cl2N2O4.2CH4.ClH/c1-22(2,3)32-21(30)26-17(20(29)31-4)9-12-5-7-13(8-6-12)25-19(28)18-15(23)10-14(27)11-16(18)24;1-25-17(24)14(20)6-9-2-4-10(5-3-9)21-16(23)15-12(18)7-11(22)8-13(15)19;;;/h5-8,10-11,17,27H,9H2,1-4H3,(H,25,28)(H,26,30);2-5,7-8,14,22H,6,20H2,1H3,(H,21,23);2*1H4;1H/t17-;14-;;;/m00.../s1. The van der Waals surface area contributed by atoms with E-state index in [0.29, 0.717) is 23.4 Å². The minimum Gasteiger partial charge on any atom is -0.508 e. The summed E-state index contributed by atoms with van der Waals surface area (Å²) in [7, 11) is 2.50. The fraction of sp³-hybridized carbons (Fsp3) is 0.293. The molecule has 4 aromatic rings. The number of anilines is 2. The topological polar surface area (TPSA) is 216 Å². The first-order valence-electron chi connectivity index (χ1n) is 16.8. The first kappa shape index (κ1) is 55.0. The molecule has 0 spiro atoms. The molecule has 0 radical (unpaired) electrons. The van der Waals surface area contributed by atoms with Crippen molar-refractivity contribution in [3.05, 3.63) is 115 Å². The van der Waals surface area contributed by atoms with Crippen LogP contribution in [0.3, 0.4) is 0 Å². The molecule has 0 aliphatic carbocycles. The molecule has 0 saturated carbocycles. The molecule has 0 aromatic heterocycles. The van der Waals surface area contributed by atoms with Crippen LogP contribution in [0.2, 0.25) is 20.1 Å². The van der Waals surface area contributed by atoms with Gasteiger partial charge < -0.3 is 46.1 Å². The molecule has 328 valence electrons. The van der Waals surface area contributed by atoms with E-state index in [-0.39, 0.29) is 76.4 Å². The summed E-state index contributed by atoms with van der Waals surface area (Å²) in [5, 5.41) is 26.8. The van der Waals surface area contributed by atoms with Crippen molar-refractivity contribution in [3.8, 4) is 11.5 Å². The Balaban J connectivity index is 0.00000113. The van der Waals surface area contributed by atoms with Gasteiger partial charge in [0.2, 0.25) is 0 Å². The Bertz CT molecular complexity index is 2050. The lowest BCUT2D eigenvalue weighted by molar-refractivity contribution is -0.143. The molecular weight excluding hydrogens is 886 g/mol. The summed E-state index contributed by atoms with van der Waals surface area (Å²) in [6.07, 6.45) is -0.272. The van der Waals surface area contributed by atoms with E-state index in [1.165, 1.54) is 38.5 Å². The summed E-state index contributed by atoms with van der Waals surface area (Å²) < 4.78 is 14.5. The van der Waals surface area contributed by atoms with Gasteiger partial charge in [0.1, 0.15) is 29.2 Å². The summed E-state index contributed by atoms with van der Waals surface area (Å²) in [6, 6.07) is 16.6. The van der Waals surface area contributed by atoms with E-state index >= 15 is 0 Å². The van der Waals surface area contributed by atoms with Crippen LogP contribution in [0, 0.1) is 0 Å². The average Bonchev–Trinajstić information content (AvgIpc) is 3.10. The first-order valence-corrected chi connectivity index (χ1v) is 18.3. The zero-order valence-corrected chi connectivity index (χ0v) is 35.5. The number of halogens is 5. The Morgan fingerprint density at radius 2 is 1.00 bits per heavy atom. The molecule has 4 aromatic carbocycles. The SMILES string of the molecule is C.C.COC(=O)[C@@H](N)Cc1ccc(NC(=O)c2c(Cl)cc(O)cc2Cl)cc1.COC(=O)[C@H](Cc1ccc(NC(=O)c2c(Cl)cc(O)cc2Cl)cc1)NC(=O)OC(C)(C)C.Cl. The number of rotatable bonds is 11. The van der Waals surface area contributed by atoms with Crippen LogP contribution in [0.1, 0.15) is 67.5 Å². The molecule has 2 atom stereocenters. The number of amides is 3. The molecule has 0 fully saturated rings. The number of aromatic hydroxyl groups is 2. The predicted molar refractivity (Wildman–Crippen MR) is 238 cm³/mol. The normalized spacial score (nSPS) is 11.2. The van der Waals surface area contributed by atoms with Crippen LogP contribution in [0.5, 0.6) is 11.5 Å². The van der Waals surface area contributed by atoms with Crippen molar-refractivity contribution >= 4 is 100 Å². The lowest BCUT2D eigenvalue weighted by Crippen LogP contribution is -2.45. The number of nitrogens with one attached hydrogen (secondary N) is 3. The second-order valence-electron chi connectivity index (χ2n) is 13.1. The Labute approximate surface area is 375 Å². The molecule has 0 unspecified atom stereocenters. The van der Waals surface area contributed by atoms with Gasteiger partial charge in [-0.25, -0.2) is 9.59 Å². The van der Waals surface area contributed by atoms with Gasteiger partial charge in [0.05, 0.1) is 45.4 Å². The number of nitrogens with two attached hydrogens (primary N) is 1. The lowest BCUT2D eigenvalue weighted by Gasteiger charge is -2.22. The monoisotopic (exact) mass is 932 g/mol. The third kappa shape index (κ3) is 17.0. The molecule has 0 saturated heterocycles. The summed E-state index contributed by atoms with van der Waals surface area (Å²) in [5.74, 6) is -2.45. The molecule has 19 heteroatoms. The molecule has 14 nitrogen and oxygen atoms in total. The summed E-state index contributed by atoms with van der Waals surface area (Å²) in [6.45, 7) is 5.14. The number of ether oxygens (including phenoxy) is 3. The van der Waals surface area contributed by atoms with Gasteiger partial charge in [-0.05, 0) is 86.8 Å². The van der Waals surface area contributed by atoms with Crippen LogP contribution in [-0.2, 0) is 36.6 Å². The van der Waals surface area contributed by atoms with Gasteiger partial charge in [-0.1, -0.05) is 85.5 Å². The van der Waals surface area contributed by atoms with Crippen molar-refractivity contribution < 1.29 is 48.4 Å². The highest BCUT2D eigenvalue weighted by Crippen LogP contribution is 2.31. The number of alkyl carbamates (subject to hydrolysis) is 1. The molecule has 0 heterocycles. The predicted octanol–water partition coefficient (Wildman–Crippen LogP) is 9.25.